The molecule has 0 amide bonds. The third kappa shape index (κ3) is 5.02. The maximum absolute atomic E-state index is 14.0. The lowest BCUT2D eigenvalue weighted by Crippen LogP contribution is -2.61. The Morgan fingerprint density at radius 2 is 0.806 bits per heavy atom. The van der Waals surface area contributed by atoms with Gasteiger partial charge in [0.2, 0.25) is 0 Å². The molecule has 202 valence electrons. The number of benzene rings is 1. The van der Waals surface area contributed by atoms with Crippen molar-refractivity contribution in [1.82, 2.24) is 0 Å². The molecule has 0 bridgehead atoms. The molecule has 0 aliphatic rings. The SMILES string of the molecule is C=C(C)C(=O)OC(c1ccccc1C(OC(=O)C(=C)C)(C(F)(F)F)C(F)(F)F)(C(F)(F)F)C(F)(F)F. The maximum atomic E-state index is 14.0. The molecule has 0 aliphatic carbocycles. The van der Waals surface area contributed by atoms with Crippen molar-refractivity contribution in [2.75, 3.05) is 0 Å². The zero-order valence-corrected chi connectivity index (χ0v) is 17.9. The van der Waals surface area contributed by atoms with Gasteiger partial charge in [-0.15, -0.1) is 0 Å². The highest BCUT2D eigenvalue weighted by molar-refractivity contribution is 5.88. The highest BCUT2D eigenvalue weighted by Crippen LogP contribution is 2.60. The number of hydrogen-bond donors (Lipinski definition) is 0. The van der Waals surface area contributed by atoms with Gasteiger partial charge in [0.25, 0.3) is 0 Å². The molecule has 1 rings (SSSR count). The average Bonchev–Trinajstić information content (AvgIpc) is 2.65. The van der Waals surface area contributed by atoms with Gasteiger partial charge < -0.3 is 9.47 Å². The molecule has 0 saturated carbocycles. The fraction of sp³-hybridized carbons (Fsp3) is 0.400. The van der Waals surface area contributed by atoms with E-state index in [1.165, 1.54) is 0 Å². The zero-order valence-electron chi connectivity index (χ0n) is 17.9. The fourth-order valence-corrected chi connectivity index (χ4v) is 2.82. The average molecular weight is 546 g/mol. The van der Waals surface area contributed by atoms with Gasteiger partial charge in [-0.05, 0) is 13.8 Å². The second-order valence-electron chi connectivity index (χ2n) is 7.24. The predicted octanol–water partition coefficient (Wildman–Crippen LogP) is 6.57. The molecule has 16 heteroatoms. The molecule has 36 heavy (non-hydrogen) atoms. The lowest BCUT2D eigenvalue weighted by Gasteiger charge is -2.42. The number of alkyl halides is 12. The Labute approximate surface area is 194 Å². The number of ether oxygens (including phenoxy) is 2. The summed E-state index contributed by atoms with van der Waals surface area (Å²) in [4.78, 5) is 23.6. The summed E-state index contributed by atoms with van der Waals surface area (Å²) in [6.07, 6.45) is -27.6. The van der Waals surface area contributed by atoms with Crippen LogP contribution in [-0.4, -0.2) is 36.6 Å². The standard InChI is InChI=1S/C20H14F12O4/c1-9(2)13(33)35-15(17(21,22)23,18(24,25)26)11-7-5-6-8-12(11)16(19(27,28)29,20(30,31)32)36-14(34)10(3)4/h5-8H,1,3H2,2,4H3. The molecule has 0 heterocycles. The maximum Gasteiger partial charge on any atom is 0.442 e. The summed E-state index contributed by atoms with van der Waals surface area (Å²) >= 11 is 0. The van der Waals surface area contributed by atoms with E-state index in [0.717, 1.165) is 0 Å². The van der Waals surface area contributed by atoms with Crippen molar-refractivity contribution in [1.29, 1.82) is 0 Å². The number of rotatable bonds is 6. The van der Waals surface area contributed by atoms with Crippen LogP contribution in [0.25, 0.3) is 0 Å². The van der Waals surface area contributed by atoms with E-state index in [9.17, 15) is 62.3 Å². The van der Waals surface area contributed by atoms with Gasteiger partial charge >= 0.3 is 47.8 Å². The van der Waals surface area contributed by atoms with Crippen LogP contribution in [0.4, 0.5) is 52.7 Å². The monoisotopic (exact) mass is 546 g/mol. The Hall–Kier alpha value is -3.20. The number of halogens is 12. The van der Waals surface area contributed by atoms with Crippen molar-refractivity contribution in [3.8, 4) is 0 Å². The lowest BCUT2D eigenvalue weighted by atomic mass is 9.79. The fourth-order valence-electron chi connectivity index (χ4n) is 2.82. The highest BCUT2D eigenvalue weighted by Gasteiger charge is 2.81. The minimum absolute atomic E-state index is 0.220. The van der Waals surface area contributed by atoms with Crippen LogP contribution in [0, 0.1) is 0 Å². The third-order valence-electron chi connectivity index (χ3n) is 4.47. The van der Waals surface area contributed by atoms with Crippen molar-refractivity contribution in [2.24, 2.45) is 0 Å². The van der Waals surface area contributed by atoms with E-state index in [1.54, 1.807) is 0 Å². The molecule has 0 spiro atoms. The molecule has 0 N–H and O–H groups in total. The molecule has 0 aromatic heterocycles. The van der Waals surface area contributed by atoms with Crippen LogP contribution in [0.2, 0.25) is 0 Å². The Morgan fingerprint density at radius 1 is 0.583 bits per heavy atom. The van der Waals surface area contributed by atoms with Crippen molar-refractivity contribution in [2.45, 2.75) is 49.8 Å². The van der Waals surface area contributed by atoms with Crippen LogP contribution in [-0.2, 0) is 30.3 Å². The normalized spacial score (nSPS) is 13.7. The molecule has 1 aromatic carbocycles. The van der Waals surface area contributed by atoms with E-state index in [-0.39, 0.29) is 12.1 Å². The van der Waals surface area contributed by atoms with Gasteiger partial charge in [0.15, 0.2) is 0 Å². The Kier molecular flexibility index (Phi) is 8.01. The summed E-state index contributed by atoms with van der Waals surface area (Å²) in [5.41, 5.74) is -20.2. The smallest absolute Gasteiger partial charge is 0.431 e. The van der Waals surface area contributed by atoms with Crippen molar-refractivity contribution >= 4 is 11.9 Å². The molecular formula is C20H14F12O4. The summed E-state index contributed by atoms with van der Waals surface area (Å²) in [5.74, 6) is -4.91. The van der Waals surface area contributed by atoms with Crippen LogP contribution < -0.4 is 0 Å². The van der Waals surface area contributed by atoms with E-state index in [4.69, 9.17) is 0 Å². The summed E-state index contributed by atoms with van der Waals surface area (Å²) in [5, 5.41) is 0. The minimum atomic E-state index is -6.90. The second-order valence-corrected chi connectivity index (χ2v) is 7.24. The summed E-state index contributed by atoms with van der Waals surface area (Å²) in [6.45, 7) is 6.65. The number of carbonyl (C=O) groups is 2. The second kappa shape index (κ2) is 9.35. The molecule has 1 aromatic rings. The molecule has 0 unspecified atom stereocenters. The Balaban J connectivity index is 4.46. The Bertz CT molecular complexity index is 933. The number of carbonyl (C=O) groups excluding carboxylic acids is 2. The first-order valence-corrected chi connectivity index (χ1v) is 9.03. The first kappa shape index (κ1) is 30.8. The largest absolute Gasteiger partial charge is 0.442 e. The van der Waals surface area contributed by atoms with Gasteiger partial charge in [0.1, 0.15) is 0 Å². The van der Waals surface area contributed by atoms with E-state index in [1.807, 2.05) is 0 Å². The molecular weight excluding hydrogens is 532 g/mol. The lowest BCUT2D eigenvalue weighted by molar-refractivity contribution is -0.387. The molecule has 4 nitrogen and oxygen atoms in total. The first-order valence-electron chi connectivity index (χ1n) is 9.03. The quantitative estimate of drug-likeness (QED) is 0.230. The Morgan fingerprint density at radius 3 is 0.972 bits per heavy atom. The van der Waals surface area contributed by atoms with Crippen LogP contribution in [0.3, 0.4) is 0 Å². The molecule has 0 fully saturated rings. The highest BCUT2D eigenvalue weighted by atomic mass is 19.4. The molecule has 0 radical (unpaired) electrons. The van der Waals surface area contributed by atoms with E-state index in [0.29, 0.717) is 13.8 Å². The number of hydrogen-bond acceptors (Lipinski definition) is 4. The summed E-state index contributed by atoms with van der Waals surface area (Å²) in [7, 11) is 0. The van der Waals surface area contributed by atoms with Crippen LogP contribution in [0.5, 0.6) is 0 Å². The van der Waals surface area contributed by atoms with Crippen LogP contribution in [0.15, 0.2) is 48.6 Å². The van der Waals surface area contributed by atoms with Gasteiger partial charge in [0.05, 0.1) is 0 Å². The zero-order chi connectivity index (χ0) is 28.7. The van der Waals surface area contributed by atoms with Gasteiger partial charge in [-0.1, -0.05) is 37.4 Å². The van der Waals surface area contributed by atoms with Gasteiger partial charge in [0, 0.05) is 22.3 Å². The molecule has 0 atom stereocenters. The topological polar surface area (TPSA) is 52.6 Å². The van der Waals surface area contributed by atoms with Crippen LogP contribution in [0.1, 0.15) is 25.0 Å². The van der Waals surface area contributed by atoms with Gasteiger partial charge in [-0.2, -0.15) is 52.7 Å². The predicted molar refractivity (Wildman–Crippen MR) is 95.8 cm³/mol. The molecule has 0 aliphatic heterocycles. The third-order valence-corrected chi connectivity index (χ3v) is 4.47. The van der Waals surface area contributed by atoms with Gasteiger partial charge in [-0.3, -0.25) is 0 Å². The van der Waals surface area contributed by atoms with E-state index in [2.05, 4.69) is 22.6 Å². The van der Waals surface area contributed by atoms with E-state index < -0.39 is 82.3 Å². The van der Waals surface area contributed by atoms with Crippen molar-refractivity contribution in [3.05, 3.63) is 59.7 Å². The van der Waals surface area contributed by atoms with Gasteiger partial charge in [-0.25, -0.2) is 9.59 Å². The van der Waals surface area contributed by atoms with Crippen molar-refractivity contribution in [3.63, 3.8) is 0 Å². The summed E-state index contributed by atoms with van der Waals surface area (Å²) < 4.78 is 175. The summed E-state index contributed by atoms with van der Waals surface area (Å²) in [6, 6.07) is -0.415. The van der Waals surface area contributed by atoms with Crippen molar-refractivity contribution < 1.29 is 71.7 Å². The molecule has 0 saturated heterocycles. The van der Waals surface area contributed by atoms with E-state index >= 15 is 0 Å². The minimum Gasteiger partial charge on any atom is -0.431 e. The first-order chi connectivity index (χ1) is 15.9. The number of esters is 2. The van der Waals surface area contributed by atoms with Crippen LogP contribution >= 0.6 is 0 Å².